The van der Waals surface area contributed by atoms with Gasteiger partial charge in [0.05, 0.1) is 7.11 Å². The zero-order valence-electron chi connectivity index (χ0n) is 12.7. The van der Waals surface area contributed by atoms with Crippen molar-refractivity contribution in [2.75, 3.05) is 7.11 Å². The van der Waals surface area contributed by atoms with Gasteiger partial charge in [-0.25, -0.2) is 4.57 Å². The molecule has 0 amide bonds. The summed E-state index contributed by atoms with van der Waals surface area (Å²) >= 11 is 0. The summed E-state index contributed by atoms with van der Waals surface area (Å²) in [5.74, 6) is 0.892. The highest BCUT2D eigenvalue weighted by atomic mass is 127. The molecule has 0 saturated heterocycles. The minimum atomic E-state index is 0. The molecule has 3 aromatic rings. The molecule has 0 atom stereocenters. The summed E-state index contributed by atoms with van der Waals surface area (Å²) in [5.41, 5.74) is 2.39. The maximum Gasteiger partial charge on any atom is 0.169 e. The molecule has 0 N–H and O–H groups in total. The van der Waals surface area contributed by atoms with Crippen LogP contribution in [0.4, 0.5) is 0 Å². The van der Waals surface area contributed by atoms with E-state index in [1.165, 1.54) is 21.9 Å². The van der Waals surface area contributed by atoms with Crippen molar-refractivity contribution in [2.45, 2.75) is 0 Å². The Morgan fingerprint density at radius 1 is 0.818 bits per heavy atom. The number of rotatable bonds is 3. The highest BCUT2D eigenvalue weighted by Crippen LogP contribution is 2.22. The molecule has 0 unspecified atom stereocenters. The quantitative estimate of drug-likeness (QED) is 0.467. The van der Waals surface area contributed by atoms with E-state index in [0.717, 1.165) is 5.75 Å². The van der Waals surface area contributed by atoms with Gasteiger partial charge in [0.15, 0.2) is 12.4 Å². The number of fused-ring (bicyclic) bond motifs is 1. The molecule has 0 saturated carbocycles. The highest BCUT2D eigenvalue weighted by Gasteiger charge is 1.97. The van der Waals surface area contributed by atoms with Crippen LogP contribution in [-0.2, 0) is 7.05 Å². The molecule has 0 fully saturated rings. The predicted molar refractivity (Wildman–Crippen MR) is 87.0 cm³/mol. The topological polar surface area (TPSA) is 13.1 Å². The number of benzene rings is 2. The van der Waals surface area contributed by atoms with Crippen molar-refractivity contribution in [3.8, 4) is 5.75 Å². The minimum absolute atomic E-state index is 0. The summed E-state index contributed by atoms with van der Waals surface area (Å²) in [6.45, 7) is 0. The van der Waals surface area contributed by atoms with Crippen molar-refractivity contribution in [2.24, 2.45) is 7.05 Å². The standard InChI is InChI=1S/C19H18NO.HI/c1-20-11-9-15(10-12-20)3-4-16-5-6-18-14-19(21-2)8-7-17(18)13-16;/h3-14H,1-2H3;1H/q+1;/p-1/b4-3+;. The van der Waals surface area contributed by atoms with E-state index in [4.69, 9.17) is 4.74 Å². The van der Waals surface area contributed by atoms with Crippen LogP contribution in [0, 0.1) is 0 Å². The molecule has 2 nitrogen and oxygen atoms in total. The first kappa shape index (κ1) is 16.5. The zero-order chi connectivity index (χ0) is 14.7. The van der Waals surface area contributed by atoms with Gasteiger partial charge >= 0.3 is 0 Å². The number of hydrogen-bond donors (Lipinski definition) is 0. The van der Waals surface area contributed by atoms with Gasteiger partial charge in [0.1, 0.15) is 12.8 Å². The normalized spacial score (nSPS) is 10.6. The lowest BCUT2D eigenvalue weighted by Gasteiger charge is -2.03. The second kappa shape index (κ2) is 7.40. The summed E-state index contributed by atoms with van der Waals surface area (Å²) in [5, 5.41) is 2.41. The van der Waals surface area contributed by atoms with Gasteiger partial charge in [-0.05, 0) is 40.1 Å². The molecule has 0 aliphatic rings. The van der Waals surface area contributed by atoms with Crippen molar-refractivity contribution >= 4 is 22.9 Å². The van der Waals surface area contributed by atoms with E-state index < -0.39 is 0 Å². The van der Waals surface area contributed by atoms with Crippen molar-refractivity contribution < 1.29 is 33.3 Å². The highest BCUT2D eigenvalue weighted by molar-refractivity contribution is 5.87. The van der Waals surface area contributed by atoms with Crippen LogP contribution in [0.25, 0.3) is 22.9 Å². The van der Waals surface area contributed by atoms with Gasteiger partial charge in [-0.15, -0.1) is 0 Å². The molecule has 3 heteroatoms. The molecule has 3 rings (SSSR count). The van der Waals surface area contributed by atoms with Crippen molar-refractivity contribution in [3.63, 3.8) is 0 Å². The first-order valence-electron chi connectivity index (χ1n) is 6.96. The first-order chi connectivity index (χ1) is 10.2. The molecular formula is C19H18INO. The Morgan fingerprint density at radius 2 is 1.45 bits per heavy atom. The average Bonchev–Trinajstić information content (AvgIpc) is 2.53. The largest absolute Gasteiger partial charge is 1.00 e. The molecular weight excluding hydrogens is 385 g/mol. The fourth-order valence-corrected chi connectivity index (χ4v) is 2.29. The van der Waals surface area contributed by atoms with E-state index in [9.17, 15) is 0 Å². The van der Waals surface area contributed by atoms with E-state index in [1.807, 2.05) is 30.1 Å². The Morgan fingerprint density at radius 3 is 2.18 bits per heavy atom. The SMILES string of the molecule is COc1ccc2cc(/C=C/c3cc[n+](C)cc3)ccc2c1.[I-]. The molecule has 0 spiro atoms. The van der Waals surface area contributed by atoms with Gasteiger partial charge in [0.25, 0.3) is 0 Å². The summed E-state index contributed by atoms with van der Waals surface area (Å²) in [4.78, 5) is 0. The van der Waals surface area contributed by atoms with Crippen LogP contribution in [-0.4, -0.2) is 7.11 Å². The Bertz CT molecular complexity index is 794. The van der Waals surface area contributed by atoms with E-state index >= 15 is 0 Å². The van der Waals surface area contributed by atoms with Gasteiger partial charge in [0.2, 0.25) is 0 Å². The third kappa shape index (κ3) is 3.85. The van der Waals surface area contributed by atoms with Crippen LogP contribution in [0.3, 0.4) is 0 Å². The van der Waals surface area contributed by atoms with Crippen LogP contribution in [0.5, 0.6) is 5.75 Å². The molecule has 0 bridgehead atoms. The molecule has 1 aromatic heterocycles. The van der Waals surface area contributed by atoms with Crippen molar-refractivity contribution in [1.29, 1.82) is 0 Å². The van der Waals surface area contributed by atoms with Crippen molar-refractivity contribution in [1.82, 2.24) is 0 Å². The fourth-order valence-electron chi connectivity index (χ4n) is 2.29. The Balaban J connectivity index is 0.00000176. The number of nitrogens with zero attached hydrogens (tertiary/aromatic N) is 1. The number of pyridine rings is 1. The lowest BCUT2D eigenvalue weighted by Crippen LogP contribution is -3.00. The summed E-state index contributed by atoms with van der Waals surface area (Å²) < 4.78 is 7.28. The van der Waals surface area contributed by atoms with Crippen LogP contribution in [0.1, 0.15) is 11.1 Å². The summed E-state index contributed by atoms with van der Waals surface area (Å²) in [6.07, 6.45) is 8.36. The first-order valence-corrected chi connectivity index (χ1v) is 6.96. The number of ether oxygens (including phenoxy) is 1. The fraction of sp³-hybridized carbons (Fsp3) is 0.105. The van der Waals surface area contributed by atoms with Crippen LogP contribution in [0.2, 0.25) is 0 Å². The number of methoxy groups -OCH3 is 1. The third-order valence-electron chi connectivity index (χ3n) is 3.54. The molecule has 0 aliphatic heterocycles. The second-order valence-corrected chi connectivity index (χ2v) is 5.10. The molecule has 2 aromatic carbocycles. The molecule has 1 heterocycles. The second-order valence-electron chi connectivity index (χ2n) is 5.10. The Kier molecular flexibility index (Phi) is 5.55. The van der Waals surface area contributed by atoms with E-state index in [-0.39, 0.29) is 24.0 Å². The number of halogens is 1. The van der Waals surface area contributed by atoms with Gasteiger partial charge < -0.3 is 28.7 Å². The zero-order valence-corrected chi connectivity index (χ0v) is 14.8. The monoisotopic (exact) mass is 403 g/mol. The minimum Gasteiger partial charge on any atom is -1.00 e. The predicted octanol–water partition coefficient (Wildman–Crippen LogP) is 0.847. The Hall–Kier alpha value is -1.88. The number of hydrogen-bond acceptors (Lipinski definition) is 1. The lowest BCUT2D eigenvalue weighted by molar-refractivity contribution is -0.671. The van der Waals surface area contributed by atoms with Gasteiger partial charge in [-0.2, -0.15) is 0 Å². The summed E-state index contributed by atoms with van der Waals surface area (Å²) in [7, 11) is 3.71. The Labute approximate surface area is 148 Å². The van der Waals surface area contributed by atoms with Gasteiger partial charge in [0, 0.05) is 12.1 Å². The smallest absolute Gasteiger partial charge is 0.169 e. The van der Waals surface area contributed by atoms with Crippen molar-refractivity contribution in [3.05, 3.63) is 72.1 Å². The maximum atomic E-state index is 5.25. The van der Waals surface area contributed by atoms with Crippen LogP contribution >= 0.6 is 0 Å². The van der Waals surface area contributed by atoms with Crippen LogP contribution < -0.4 is 33.3 Å². The molecule has 112 valence electrons. The molecule has 22 heavy (non-hydrogen) atoms. The maximum absolute atomic E-state index is 5.25. The number of aromatic nitrogens is 1. The van der Waals surface area contributed by atoms with Gasteiger partial charge in [-0.1, -0.05) is 30.4 Å². The van der Waals surface area contributed by atoms with E-state index in [2.05, 4.69) is 54.6 Å². The lowest BCUT2D eigenvalue weighted by atomic mass is 10.1. The number of aryl methyl sites for hydroxylation is 1. The van der Waals surface area contributed by atoms with E-state index in [0.29, 0.717) is 0 Å². The third-order valence-corrected chi connectivity index (χ3v) is 3.54. The van der Waals surface area contributed by atoms with E-state index in [1.54, 1.807) is 7.11 Å². The average molecular weight is 403 g/mol. The van der Waals surface area contributed by atoms with Gasteiger partial charge in [-0.3, -0.25) is 0 Å². The summed E-state index contributed by atoms with van der Waals surface area (Å²) in [6, 6.07) is 16.8. The van der Waals surface area contributed by atoms with Crippen LogP contribution in [0.15, 0.2) is 60.9 Å². The molecule has 0 aliphatic carbocycles. The molecule has 0 radical (unpaired) electrons.